The van der Waals surface area contributed by atoms with E-state index in [1.54, 1.807) is 4.90 Å². The van der Waals surface area contributed by atoms with E-state index in [0.29, 0.717) is 12.2 Å². The van der Waals surface area contributed by atoms with E-state index in [4.69, 9.17) is 5.11 Å². The van der Waals surface area contributed by atoms with Gasteiger partial charge in [-0.2, -0.15) is 5.10 Å². The fourth-order valence-corrected chi connectivity index (χ4v) is 1.90. The van der Waals surface area contributed by atoms with Gasteiger partial charge in [0.25, 0.3) is 0 Å². The fourth-order valence-electron chi connectivity index (χ4n) is 1.90. The standard InChI is InChI=1S/C14H16N4O3/c1-2-18(12-6-4-3-5-7-12)14(21)16-11-8-15-17(9-11)10-13(19)20/h3-9H,2,10H2,1H3,(H,16,21)(H,19,20). The van der Waals surface area contributed by atoms with Crippen molar-refractivity contribution in [2.24, 2.45) is 0 Å². The van der Waals surface area contributed by atoms with Crippen LogP contribution in [0.4, 0.5) is 16.2 Å². The van der Waals surface area contributed by atoms with Gasteiger partial charge in [-0.1, -0.05) is 18.2 Å². The molecular weight excluding hydrogens is 272 g/mol. The van der Waals surface area contributed by atoms with Crippen LogP contribution in [-0.2, 0) is 11.3 Å². The van der Waals surface area contributed by atoms with E-state index < -0.39 is 5.97 Å². The largest absolute Gasteiger partial charge is 0.480 e. The SMILES string of the molecule is CCN(C(=O)Nc1cnn(CC(=O)O)c1)c1ccccc1. The van der Waals surface area contributed by atoms with Crippen molar-refractivity contribution in [2.75, 3.05) is 16.8 Å². The molecule has 2 rings (SSSR count). The fraction of sp³-hybridized carbons (Fsp3) is 0.214. The molecule has 0 atom stereocenters. The molecule has 2 amide bonds. The number of nitrogens with one attached hydrogen (secondary N) is 1. The number of urea groups is 1. The van der Waals surface area contributed by atoms with Gasteiger partial charge < -0.3 is 10.4 Å². The van der Waals surface area contributed by atoms with Crippen molar-refractivity contribution >= 4 is 23.4 Å². The number of carboxylic acid groups (broad SMARTS) is 1. The van der Waals surface area contributed by atoms with E-state index in [9.17, 15) is 9.59 Å². The maximum absolute atomic E-state index is 12.2. The van der Waals surface area contributed by atoms with Crippen LogP contribution < -0.4 is 10.2 Å². The Balaban J connectivity index is 2.06. The number of carbonyl (C=O) groups excluding carboxylic acids is 1. The van der Waals surface area contributed by atoms with Crippen molar-refractivity contribution in [1.29, 1.82) is 0 Å². The molecule has 1 aromatic carbocycles. The maximum Gasteiger partial charge on any atom is 0.326 e. The van der Waals surface area contributed by atoms with Crippen LogP contribution in [0.15, 0.2) is 42.7 Å². The Morgan fingerprint density at radius 3 is 2.67 bits per heavy atom. The van der Waals surface area contributed by atoms with Crippen molar-refractivity contribution in [3.63, 3.8) is 0 Å². The van der Waals surface area contributed by atoms with Gasteiger partial charge in [0.2, 0.25) is 0 Å². The molecular formula is C14H16N4O3. The number of amides is 2. The van der Waals surface area contributed by atoms with Gasteiger partial charge in [-0.05, 0) is 19.1 Å². The number of anilines is 2. The number of carboxylic acids is 1. The Kier molecular flexibility index (Phi) is 4.55. The van der Waals surface area contributed by atoms with E-state index in [-0.39, 0.29) is 12.6 Å². The van der Waals surface area contributed by atoms with Crippen molar-refractivity contribution in [3.05, 3.63) is 42.7 Å². The first kappa shape index (κ1) is 14.6. The van der Waals surface area contributed by atoms with E-state index in [1.807, 2.05) is 37.3 Å². The predicted molar refractivity (Wildman–Crippen MR) is 78.3 cm³/mol. The molecule has 0 saturated heterocycles. The van der Waals surface area contributed by atoms with Crippen LogP contribution in [0.5, 0.6) is 0 Å². The third-order valence-electron chi connectivity index (χ3n) is 2.81. The lowest BCUT2D eigenvalue weighted by Crippen LogP contribution is -2.34. The van der Waals surface area contributed by atoms with Gasteiger partial charge >= 0.3 is 12.0 Å². The summed E-state index contributed by atoms with van der Waals surface area (Å²) in [7, 11) is 0. The lowest BCUT2D eigenvalue weighted by molar-refractivity contribution is -0.137. The number of para-hydroxylation sites is 1. The van der Waals surface area contributed by atoms with Crippen LogP contribution in [0.25, 0.3) is 0 Å². The highest BCUT2D eigenvalue weighted by Gasteiger charge is 2.14. The predicted octanol–water partition coefficient (Wildman–Crippen LogP) is 2.03. The zero-order valence-electron chi connectivity index (χ0n) is 11.6. The molecule has 7 heteroatoms. The molecule has 2 N–H and O–H groups in total. The quantitative estimate of drug-likeness (QED) is 0.881. The number of benzene rings is 1. The average molecular weight is 288 g/mol. The number of rotatable bonds is 5. The lowest BCUT2D eigenvalue weighted by Gasteiger charge is -2.20. The minimum absolute atomic E-state index is 0.244. The number of nitrogens with zero attached hydrogens (tertiary/aromatic N) is 3. The Labute approximate surface area is 121 Å². The van der Waals surface area contributed by atoms with Crippen LogP contribution in [0.3, 0.4) is 0 Å². The lowest BCUT2D eigenvalue weighted by atomic mass is 10.3. The highest BCUT2D eigenvalue weighted by atomic mass is 16.4. The van der Waals surface area contributed by atoms with E-state index >= 15 is 0 Å². The summed E-state index contributed by atoms with van der Waals surface area (Å²) >= 11 is 0. The third-order valence-corrected chi connectivity index (χ3v) is 2.81. The monoisotopic (exact) mass is 288 g/mol. The topological polar surface area (TPSA) is 87.5 Å². The second kappa shape index (κ2) is 6.56. The molecule has 0 bridgehead atoms. The van der Waals surface area contributed by atoms with Crippen LogP contribution >= 0.6 is 0 Å². The molecule has 0 saturated carbocycles. The molecule has 0 aliphatic carbocycles. The van der Waals surface area contributed by atoms with Crippen LogP contribution in [-0.4, -0.2) is 33.4 Å². The van der Waals surface area contributed by atoms with E-state index in [0.717, 1.165) is 5.69 Å². The molecule has 21 heavy (non-hydrogen) atoms. The minimum atomic E-state index is -0.990. The van der Waals surface area contributed by atoms with Crippen molar-refractivity contribution in [3.8, 4) is 0 Å². The summed E-state index contributed by atoms with van der Waals surface area (Å²) in [6, 6.07) is 8.99. The van der Waals surface area contributed by atoms with Gasteiger partial charge in [0.1, 0.15) is 6.54 Å². The first-order valence-corrected chi connectivity index (χ1v) is 6.48. The molecule has 0 aliphatic rings. The Morgan fingerprint density at radius 1 is 1.33 bits per heavy atom. The molecule has 1 heterocycles. The molecule has 0 unspecified atom stereocenters. The highest BCUT2D eigenvalue weighted by molar-refractivity contribution is 6.01. The summed E-state index contributed by atoms with van der Waals surface area (Å²) in [4.78, 5) is 24.4. The first-order chi connectivity index (χ1) is 10.1. The number of aromatic nitrogens is 2. The molecule has 1 aromatic heterocycles. The molecule has 0 spiro atoms. The molecule has 110 valence electrons. The molecule has 0 radical (unpaired) electrons. The summed E-state index contributed by atoms with van der Waals surface area (Å²) in [6.45, 7) is 2.14. The maximum atomic E-state index is 12.2. The summed E-state index contributed by atoms with van der Waals surface area (Å²) in [5.41, 5.74) is 1.24. The zero-order chi connectivity index (χ0) is 15.2. The normalized spacial score (nSPS) is 10.1. The number of hydrogen-bond donors (Lipinski definition) is 2. The number of aliphatic carboxylic acids is 1. The second-order valence-electron chi connectivity index (χ2n) is 4.33. The van der Waals surface area contributed by atoms with Gasteiger partial charge in [-0.3, -0.25) is 14.4 Å². The van der Waals surface area contributed by atoms with Gasteiger partial charge in [-0.15, -0.1) is 0 Å². The molecule has 0 fully saturated rings. The van der Waals surface area contributed by atoms with Crippen molar-refractivity contribution < 1.29 is 14.7 Å². The molecule has 2 aromatic rings. The Morgan fingerprint density at radius 2 is 2.05 bits per heavy atom. The second-order valence-corrected chi connectivity index (χ2v) is 4.33. The summed E-state index contributed by atoms with van der Waals surface area (Å²) in [6.07, 6.45) is 2.89. The smallest absolute Gasteiger partial charge is 0.326 e. The number of hydrogen-bond acceptors (Lipinski definition) is 3. The van der Waals surface area contributed by atoms with E-state index in [2.05, 4.69) is 10.4 Å². The van der Waals surface area contributed by atoms with Gasteiger partial charge in [0.15, 0.2) is 0 Å². The van der Waals surface area contributed by atoms with Crippen LogP contribution in [0, 0.1) is 0 Å². The summed E-state index contributed by atoms with van der Waals surface area (Å²) in [5, 5.41) is 15.2. The zero-order valence-corrected chi connectivity index (χ0v) is 11.6. The van der Waals surface area contributed by atoms with Crippen molar-refractivity contribution in [2.45, 2.75) is 13.5 Å². The van der Waals surface area contributed by atoms with Crippen LogP contribution in [0.2, 0.25) is 0 Å². The van der Waals surface area contributed by atoms with Crippen molar-refractivity contribution in [1.82, 2.24) is 9.78 Å². The van der Waals surface area contributed by atoms with Crippen LogP contribution in [0.1, 0.15) is 6.92 Å². The summed E-state index contributed by atoms with van der Waals surface area (Å²) in [5.74, 6) is -0.990. The Hall–Kier alpha value is -2.83. The Bertz CT molecular complexity index is 624. The van der Waals surface area contributed by atoms with Gasteiger partial charge in [0, 0.05) is 18.4 Å². The van der Waals surface area contributed by atoms with Gasteiger partial charge in [-0.25, -0.2) is 4.79 Å². The van der Waals surface area contributed by atoms with Gasteiger partial charge in [0.05, 0.1) is 11.9 Å². The molecule has 0 aliphatic heterocycles. The number of carbonyl (C=O) groups is 2. The van der Waals surface area contributed by atoms with E-state index in [1.165, 1.54) is 17.1 Å². The summed E-state index contributed by atoms with van der Waals surface area (Å²) < 4.78 is 1.25. The molecule has 7 nitrogen and oxygen atoms in total. The average Bonchev–Trinajstić information content (AvgIpc) is 2.87. The minimum Gasteiger partial charge on any atom is -0.480 e. The highest BCUT2D eigenvalue weighted by Crippen LogP contribution is 2.15. The third kappa shape index (κ3) is 3.82. The first-order valence-electron chi connectivity index (χ1n) is 6.48.